The van der Waals surface area contributed by atoms with Crippen molar-refractivity contribution in [2.24, 2.45) is 0 Å². The Morgan fingerprint density at radius 2 is 2.20 bits per heavy atom. The molecule has 2 atom stereocenters. The zero-order valence-electron chi connectivity index (χ0n) is 7.02. The molecule has 2 heteroatoms. The molecule has 0 aliphatic carbocycles. The van der Waals surface area contributed by atoms with Crippen LogP contribution < -0.4 is 0 Å². The summed E-state index contributed by atoms with van der Waals surface area (Å²) in [5.41, 5.74) is 0.177. The van der Waals surface area contributed by atoms with E-state index in [9.17, 15) is 0 Å². The zero-order valence-corrected chi connectivity index (χ0v) is 7.02. The van der Waals surface area contributed by atoms with Crippen molar-refractivity contribution in [1.82, 2.24) is 0 Å². The van der Waals surface area contributed by atoms with E-state index in [4.69, 9.17) is 9.47 Å². The second-order valence-corrected chi connectivity index (χ2v) is 2.92. The topological polar surface area (TPSA) is 21.8 Å². The smallest absolute Gasteiger partial charge is 0.0964 e. The first-order chi connectivity index (χ1) is 4.75. The number of hydrogen-bond donors (Lipinski definition) is 0. The van der Waals surface area contributed by atoms with E-state index in [1.165, 1.54) is 0 Å². The van der Waals surface area contributed by atoms with Gasteiger partial charge in [0.1, 0.15) is 0 Å². The fraction of sp³-hybridized carbons (Fsp3) is 1.00. The standard InChI is InChI=1S/C8H16O2/c1-4-8(5-6-9-3)7(2)10-8/h7H,4-6H2,1-3H3. The Labute approximate surface area is 62.5 Å². The molecule has 1 aliphatic heterocycles. The Morgan fingerprint density at radius 3 is 2.50 bits per heavy atom. The quantitative estimate of drug-likeness (QED) is 0.559. The van der Waals surface area contributed by atoms with Crippen LogP contribution in [0.15, 0.2) is 0 Å². The molecule has 2 unspecified atom stereocenters. The molecular weight excluding hydrogens is 128 g/mol. The molecule has 0 spiro atoms. The summed E-state index contributed by atoms with van der Waals surface area (Å²) in [7, 11) is 1.73. The highest BCUT2D eigenvalue weighted by Gasteiger charge is 2.50. The molecule has 0 aromatic heterocycles. The van der Waals surface area contributed by atoms with Crippen LogP contribution in [0.25, 0.3) is 0 Å². The van der Waals surface area contributed by atoms with Gasteiger partial charge in [-0.25, -0.2) is 0 Å². The zero-order chi connectivity index (χ0) is 7.61. The predicted molar refractivity (Wildman–Crippen MR) is 40.1 cm³/mol. The molecule has 0 radical (unpaired) electrons. The minimum atomic E-state index is 0.177. The van der Waals surface area contributed by atoms with Crippen LogP contribution >= 0.6 is 0 Å². The van der Waals surface area contributed by atoms with Crippen molar-refractivity contribution in [2.45, 2.75) is 38.4 Å². The van der Waals surface area contributed by atoms with Crippen molar-refractivity contribution >= 4 is 0 Å². The summed E-state index contributed by atoms with van der Waals surface area (Å²) in [6, 6.07) is 0. The van der Waals surface area contributed by atoms with Gasteiger partial charge < -0.3 is 9.47 Å². The molecule has 1 rings (SSSR count). The van der Waals surface area contributed by atoms with Gasteiger partial charge in [-0.2, -0.15) is 0 Å². The maximum Gasteiger partial charge on any atom is 0.0964 e. The third kappa shape index (κ3) is 1.32. The number of hydrogen-bond acceptors (Lipinski definition) is 2. The lowest BCUT2D eigenvalue weighted by atomic mass is 10.00. The molecule has 0 bridgehead atoms. The normalized spacial score (nSPS) is 38.1. The van der Waals surface area contributed by atoms with E-state index in [1.807, 2.05) is 0 Å². The Balaban J connectivity index is 2.23. The second kappa shape index (κ2) is 2.89. The van der Waals surface area contributed by atoms with Crippen molar-refractivity contribution in [3.05, 3.63) is 0 Å². The van der Waals surface area contributed by atoms with Crippen LogP contribution in [0.5, 0.6) is 0 Å². The highest BCUT2D eigenvalue weighted by molar-refractivity contribution is 4.98. The van der Waals surface area contributed by atoms with Gasteiger partial charge in [0.15, 0.2) is 0 Å². The molecule has 1 saturated heterocycles. The minimum Gasteiger partial charge on any atom is -0.385 e. The fourth-order valence-corrected chi connectivity index (χ4v) is 1.40. The second-order valence-electron chi connectivity index (χ2n) is 2.92. The average molecular weight is 144 g/mol. The van der Waals surface area contributed by atoms with Crippen LogP contribution in [-0.4, -0.2) is 25.4 Å². The van der Waals surface area contributed by atoms with Crippen LogP contribution in [-0.2, 0) is 9.47 Å². The van der Waals surface area contributed by atoms with Gasteiger partial charge in [-0.15, -0.1) is 0 Å². The van der Waals surface area contributed by atoms with Gasteiger partial charge in [0.25, 0.3) is 0 Å². The first-order valence-electron chi connectivity index (χ1n) is 3.92. The lowest BCUT2D eigenvalue weighted by Crippen LogP contribution is -2.14. The molecule has 60 valence electrons. The molecule has 10 heavy (non-hydrogen) atoms. The summed E-state index contributed by atoms with van der Waals surface area (Å²) < 4.78 is 10.5. The summed E-state index contributed by atoms with van der Waals surface area (Å²) >= 11 is 0. The van der Waals surface area contributed by atoms with E-state index in [0.29, 0.717) is 6.10 Å². The van der Waals surface area contributed by atoms with Gasteiger partial charge in [0, 0.05) is 20.1 Å². The van der Waals surface area contributed by atoms with Crippen molar-refractivity contribution in [2.75, 3.05) is 13.7 Å². The maximum absolute atomic E-state index is 5.48. The minimum absolute atomic E-state index is 0.177. The van der Waals surface area contributed by atoms with Crippen LogP contribution in [0.2, 0.25) is 0 Å². The third-order valence-electron chi connectivity index (χ3n) is 2.42. The number of epoxide rings is 1. The lowest BCUT2D eigenvalue weighted by molar-refractivity contribution is 0.157. The highest BCUT2D eigenvalue weighted by Crippen LogP contribution is 2.42. The molecular formula is C8H16O2. The number of ether oxygens (including phenoxy) is 2. The SMILES string of the molecule is CCC1(CCOC)OC1C. The van der Waals surface area contributed by atoms with E-state index in [0.717, 1.165) is 19.4 Å². The summed E-state index contributed by atoms with van der Waals surface area (Å²) in [5.74, 6) is 0. The largest absolute Gasteiger partial charge is 0.385 e. The summed E-state index contributed by atoms with van der Waals surface area (Å²) in [6.07, 6.45) is 2.60. The van der Waals surface area contributed by atoms with Crippen LogP contribution in [0.1, 0.15) is 26.7 Å². The first kappa shape index (κ1) is 8.02. The Kier molecular flexibility index (Phi) is 2.32. The molecule has 0 saturated carbocycles. The Bertz CT molecular complexity index is 110. The number of methoxy groups -OCH3 is 1. The van der Waals surface area contributed by atoms with Gasteiger partial charge in [-0.3, -0.25) is 0 Å². The van der Waals surface area contributed by atoms with E-state index in [2.05, 4.69) is 13.8 Å². The van der Waals surface area contributed by atoms with E-state index in [1.54, 1.807) is 7.11 Å². The van der Waals surface area contributed by atoms with Gasteiger partial charge in [0.05, 0.1) is 11.7 Å². The third-order valence-corrected chi connectivity index (χ3v) is 2.42. The van der Waals surface area contributed by atoms with E-state index < -0.39 is 0 Å². The van der Waals surface area contributed by atoms with Gasteiger partial charge in [-0.1, -0.05) is 6.92 Å². The monoisotopic (exact) mass is 144 g/mol. The predicted octanol–water partition coefficient (Wildman–Crippen LogP) is 1.59. The van der Waals surface area contributed by atoms with Crippen LogP contribution in [0.3, 0.4) is 0 Å². The van der Waals surface area contributed by atoms with Gasteiger partial charge in [-0.05, 0) is 13.3 Å². The van der Waals surface area contributed by atoms with Crippen LogP contribution in [0.4, 0.5) is 0 Å². The average Bonchev–Trinajstić information content (AvgIpc) is 2.59. The molecule has 1 heterocycles. The highest BCUT2D eigenvalue weighted by atomic mass is 16.6. The number of rotatable bonds is 4. The summed E-state index contributed by atoms with van der Waals surface area (Å²) in [6.45, 7) is 5.11. The molecule has 1 aliphatic rings. The van der Waals surface area contributed by atoms with Crippen molar-refractivity contribution in [3.8, 4) is 0 Å². The lowest BCUT2D eigenvalue weighted by Gasteiger charge is -2.07. The van der Waals surface area contributed by atoms with Gasteiger partial charge >= 0.3 is 0 Å². The van der Waals surface area contributed by atoms with E-state index >= 15 is 0 Å². The molecule has 0 N–H and O–H groups in total. The molecule has 0 aromatic rings. The first-order valence-corrected chi connectivity index (χ1v) is 3.92. The van der Waals surface area contributed by atoms with E-state index in [-0.39, 0.29) is 5.60 Å². The molecule has 2 nitrogen and oxygen atoms in total. The Hall–Kier alpha value is -0.0800. The molecule has 1 fully saturated rings. The van der Waals surface area contributed by atoms with Crippen molar-refractivity contribution in [1.29, 1.82) is 0 Å². The maximum atomic E-state index is 5.48. The Morgan fingerprint density at radius 1 is 1.60 bits per heavy atom. The van der Waals surface area contributed by atoms with Crippen LogP contribution in [0, 0.1) is 0 Å². The summed E-state index contributed by atoms with van der Waals surface area (Å²) in [4.78, 5) is 0. The van der Waals surface area contributed by atoms with Crippen molar-refractivity contribution in [3.63, 3.8) is 0 Å². The molecule has 0 aromatic carbocycles. The van der Waals surface area contributed by atoms with Gasteiger partial charge in [0.2, 0.25) is 0 Å². The molecule has 0 amide bonds. The van der Waals surface area contributed by atoms with Crippen molar-refractivity contribution < 1.29 is 9.47 Å². The fourth-order valence-electron chi connectivity index (χ4n) is 1.40. The summed E-state index contributed by atoms with van der Waals surface area (Å²) in [5, 5.41) is 0.